The van der Waals surface area contributed by atoms with Gasteiger partial charge in [0.05, 0.1) is 0 Å². The predicted molar refractivity (Wildman–Crippen MR) is 193 cm³/mol. The van der Waals surface area contributed by atoms with Gasteiger partial charge in [0.15, 0.2) is 0 Å². The Bertz CT molecular complexity index is 2610. The summed E-state index contributed by atoms with van der Waals surface area (Å²) in [5.41, 5.74) is 11.8. The minimum atomic E-state index is -0.823. The number of para-hydroxylation sites is 1. The van der Waals surface area contributed by atoms with Crippen LogP contribution in [0.25, 0.3) is 60.7 Å². The van der Waals surface area contributed by atoms with E-state index in [-0.39, 0.29) is 11.6 Å². The standard InChI is InChI=1S/C43H29F2N3O/c1-43(2)35-21-28(11-14-32(35)33-15-12-29(22-36(33)43)31-16-17-38(44)46-41(31)45)26-8-7-25-20-27(10-9-24(25)19-26)30-13-18-39-47-40-34-5-3-4-6-37(34)49-42(40)48(39)23-30/h3-23,39,47H,1-2H3. The molecule has 1 atom stereocenters. The van der Waals surface area contributed by atoms with Crippen molar-refractivity contribution in [2.24, 2.45) is 0 Å². The van der Waals surface area contributed by atoms with Crippen molar-refractivity contribution in [1.82, 2.24) is 4.98 Å². The molecule has 1 unspecified atom stereocenters. The van der Waals surface area contributed by atoms with Gasteiger partial charge in [0.25, 0.3) is 0 Å². The van der Waals surface area contributed by atoms with E-state index in [0.29, 0.717) is 11.1 Å². The molecule has 0 saturated heterocycles. The molecule has 2 aliphatic heterocycles. The van der Waals surface area contributed by atoms with Crippen LogP contribution in [0.5, 0.6) is 0 Å². The molecule has 6 heteroatoms. The molecule has 7 aromatic rings. The van der Waals surface area contributed by atoms with Gasteiger partial charge in [-0.2, -0.15) is 13.8 Å². The lowest BCUT2D eigenvalue weighted by Gasteiger charge is -2.24. The van der Waals surface area contributed by atoms with Crippen LogP contribution in [0.4, 0.5) is 20.4 Å². The maximum absolute atomic E-state index is 14.6. The number of pyridine rings is 1. The number of hydrogen-bond donors (Lipinski definition) is 1. The lowest BCUT2D eigenvalue weighted by molar-refractivity contribution is 0.515. The zero-order valence-electron chi connectivity index (χ0n) is 26.8. The molecule has 0 amide bonds. The van der Waals surface area contributed by atoms with Crippen LogP contribution in [0.1, 0.15) is 30.5 Å². The van der Waals surface area contributed by atoms with Crippen LogP contribution in [0.3, 0.4) is 0 Å². The van der Waals surface area contributed by atoms with Crippen molar-refractivity contribution in [2.75, 3.05) is 10.2 Å². The van der Waals surface area contributed by atoms with Gasteiger partial charge in [0.2, 0.25) is 17.8 Å². The van der Waals surface area contributed by atoms with Crippen LogP contribution in [0.2, 0.25) is 0 Å². The lowest BCUT2D eigenvalue weighted by Crippen LogP contribution is -2.31. The average molecular weight is 642 g/mol. The molecule has 49 heavy (non-hydrogen) atoms. The van der Waals surface area contributed by atoms with Crippen LogP contribution < -0.4 is 10.2 Å². The molecule has 10 rings (SSSR count). The van der Waals surface area contributed by atoms with Gasteiger partial charge in [-0.1, -0.05) is 80.6 Å². The molecule has 5 aromatic carbocycles. The Hall–Kier alpha value is -6.01. The van der Waals surface area contributed by atoms with E-state index >= 15 is 0 Å². The fourth-order valence-corrected chi connectivity index (χ4v) is 7.85. The lowest BCUT2D eigenvalue weighted by atomic mass is 9.81. The first-order valence-electron chi connectivity index (χ1n) is 16.4. The quantitative estimate of drug-likeness (QED) is 0.195. The van der Waals surface area contributed by atoms with Gasteiger partial charge < -0.3 is 9.73 Å². The van der Waals surface area contributed by atoms with E-state index in [1.54, 1.807) is 0 Å². The molecular formula is C43H29F2N3O. The van der Waals surface area contributed by atoms with Gasteiger partial charge in [0, 0.05) is 22.6 Å². The molecule has 236 valence electrons. The van der Waals surface area contributed by atoms with Crippen molar-refractivity contribution in [3.8, 4) is 33.4 Å². The second-order valence-corrected chi connectivity index (χ2v) is 13.6. The highest BCUT2D eigenvalue weighted by Crippen LogP contribution is 2.51. The summed E-state index contributed by atoms with van der Waals surface area (Å²) in [5, 5.41) is 7.03. The molecule has 1 aliphatic carbocycles. The smallest absolute Gasteiger partial charge is 0.226 e. The summed E-state index contributed by atoms with van der Waals surface area (Å²) in [6, 6.07) is 36.7. The third-order valence-electron chi connectivity index (χ3n) is 10.4. The summed E-state index contributed by atoms with van der Waals surface area (Å²) >= 11 is 0. The fourth-order valence-electron chi connectivity index (χ4n) is 7.85. The number of rotatable bonds is 3. The number of furan rings is 1. The van der Waals surface area contributed by atoms with E-state index in [4.69, 9.17) is 4.42 Å². The number of halogens is 2. The largest absolute Gasteiger partial charge is 0.438 e. The Morgan fingerprint density at radius 1 is 0.714 bits per heavy atom. The number of hydrogen-bond acceptors (Lipinski definition) is 4. The number of allylic oxidation sites excluding steroid dienone is 2. The van der Waals surface area contributed by atoms with Gasteiger partial charge in [-0.3, -0.25) is 4.90 Å². The molecule has 3 aliphatic rings. The molecule has 0 saturated carbocycles. The van der Waals surface area contributed by atoms with E-state index in [9.17, 15) is 8.78 Å². The van der Waals surface area contributed by atoms with Gasteiger partial charge in [0.1, 0.15) is 17.4 Å². The summed E-state index contributed by atoms with van der Waals surface area (Å²) in [5.74, 6) is -0.778. The number of nitrogens with zero attached hydrogens (tertiary/aromatic N) is 2. The van der Waals surface area contributed by atoms with E-state index in [1.165, 1.54) is 34.0 Å². The van der Waals surface area contributed by atoms with E-state index in [0.717, 1.165) is 55.9 Å². The van der Waals surface area contributed by atoms with Crippen molar-refractivity contribution < 1.29 is 13.2 Å². The maximum Gasteiger partial charge on any atom is 0.226 e. The van der Waals surface area contributed by atoms with E-state index < -0.39 is 11.9 Å². The number of fused-ring (bicyclic) bond motifs is 9. The monoisotopic (exact) mass is 641 g/mol. The highest BCUT2D eigenvalue weighted by Gasteiger charge is 2.36. The van der Waals surface area contributed by atoms with E-state index in [1.807, 2.05) is 36.4 Å². The first-order valence-corrected chi connectivity index (χ1v) is 16.4. The molecule has 0 spiro atoms. The molecule has 4 heterocycles. The minimum absolute atomic E-state index is 0.0346. The molecule has 0 bridgehead atoms. The van der Waals surface area contributed by atoms with E-state index in [2.05, 4.69) is 108 Å². The Morgan fingerprint density at radius 3 is 2.16 bits per heavy atom. The third kappa shape index (κ3) is 4.16. The number of anilines is 2. The van der Waals surface area contributed by atoms with Crippen LogP contribution in [0.15, 0.2) is 132 Å². The third-order valence-corrected chi connectivity index (χ3v) is 10.4. The SMILES string of the molecule is CC1(C)c2cc(-c3ccc4cc(C5=CN6c7oc8ccccc8c7NC6C=C5)ccc4c3)ccc2-c2ccc(-c3ccc(F)nc3F)cc21. The zero-order chi connectivity index (χ0) is 33.0. The number of benzene rings is 5. The van der Waals surface area contributed by atoms with Crippen LogP contribution in [-0.4, -0.2) is 11.1 Å². The summed E-state index contributed by atoms with van der Waals surface area (Å²) < 4.78 is 34.3. The highest BCUT2D eigenvalue weighted by molar-refractivity contribution is 6.01. The Kier molecular flexibility index (Phi) is 5.72. The van der Waals surface area contributed by atoms with Gasteiger partial charge >= 0.3 is 0 Å². The Morgan fingerprint density at radius 2 is 1.37 bits per heavy atom. The minimum Gasteiger partial charge on any atom is -0.438 e. The second-order valence-electron chi connectivity index (χ2n) is 13.6. The fraction of sp³-hybridized carbons (Fsp3) is 0.0930. The van der Waals surface area contributed by atoms with Crippen molar-refractivity contribution in [3.05, 3.63) is 156 Å². The van der Waals surface area contributed by atoms with Gasteiger partial charge in [-0.25, -0.2) is 0 Å². The second kappa shape index (κ2) is 10.0. The topological polar surface area (TPSA) is 41.3 Å². The van der Waals surface area contributed by atoms with Gasteiger partial charge in [-0.05, 0) is 115 Å². The first kappa shape index (κ1) is 28.0. The normalized spacial score (nSPS) is 16.7. The summed E-state index contributed by atoms with van der Waals surface area (Å²) in [6.45, 7) is 4.41. The highest BCUT2D eigenvalue weighted by atomic mass is 19.1. The summed E-state index contributed by atoms with van der Waals surface area (Å²) in [6.07, 6.45) is 6.56. The molecule has 0 fully saturated rings. The molecule has 2 aromatic heterocycles. The van der Waals surface area contributed by atoms with Crippen molar-refractivity contribution >= 4 is 38.9 Å². The molecular weight excluding hydrogens is 612 g/mol. The molecule has 1 N–H and O–H groups in total. The zero-order valence-corrected chi connectivity index (χ0v) is 26.8. The molecule has 0 radical (unpaired) electrons. The van der Waals surface area contributed by atoms with Gasteiger partial charge in [-0.15, -0.1) is 0 Å². The maximum atomic E-state index is 14.6. The first-order chi connectivity index (χ1) is 23.8. The summed E-state index contributed by atoms with van der Waals surface area (Å²) in [7, 11) is 0. The predicted octanol–water partition coefficient (Wildman–Crippen LogP) is 11.1. The Balaban J connectivity index is 0.961. The number of nitrogens with one attached hydrogen (secondary N) is 1. The van der Waals surface area contributed by atoms with Crippen molar-refractivity contribution in [3.63, 3.8) is 0 Å². The van der Waals surface area contributed by atoms with Crippen molar-refractivity contribution in [1.29, 1.82) is 0 Å². The van der Waals surface area contributed by atoms with Crippen LogP contribution in [-0.2, 0) is 5.41 Å². The Labute approximate surface area is 281 Å². The van der Waals surface area contributed by atoms with Crippen LogP contribution in [0, 0.1) is 11.9 Å². The molecule has 4 nitrogen and oxygen atoms in total. The average Bonchev–Trinajstić information content (AvgIpc) is 3.73. The van der Waals surface area contributed by atoms with Crippen molar-refractivity contribution in [2.45, 2.75) is 25.4 Å². The van der Waals surface area contributed by atoms with Crippen LogP contribution >= 0.6 is 0 Å². The number of aromatic nitrogens is 1. The summed E-state index contributed by atoms with van der Waals surface area (Å²) in [4.78, 5) is 5.56.